The van der Waals surface area contributed by atoms with Crippen molar-refractivity contribution in [3.63, 3.8) is 0 Å². The van der Waals surface area contributed by atoms with Gasteiger partial charge in [-0.05, 0) is 31.7 Å². The van der Waals surface area contributed by atoms with Crippen LogP contribution < -0.4 is 5.32 Å². The fourth-order valence-corrected chi connectivity index (χ4v) is 1.97. The highest BCUT2D eigenvalue weighted by atomic mass is 16.2. The molecule has 94 valence electrons. The first-order valence-corrected chi connectivity index (χ1v) is 6.22. The molecule has 1 amide bonds. The van der Waals surface area contributed by atoms with E-state index in [1.807, 2.05) is 16.9 Å². The zero-order valence-electron chi connectivity index (χ0n) is 11.0. The van der Waals surface area contributed by atoms with Crippen LogP contribution in [0.4, 0.5) is 0 Å². The van der Waals surface area contributed by atoms with Crippen LogP contribution in [-0.2, 0) is 11.3 Å². The highest BCUT2D eigenvalue weighted by Gasteiger charge is 2.50. The molecule has 1 N–H and O–H groups in total. The van der Waals surface area contributed by atoms with Gasteiger partial charge in [0.2, 0.25) is 5.91 Å². The summed E-state index contributed by atoms with van der Waals surface area (Å²) in [5.74, 6) is 0.351. The highest BCUT2D eigenvalue weighted by Crippen LogP contribution is 2.51. The largest absolute Gasteiger partial charge is 0.350 e. The molecule has 1 aromatic heterocycles. The van der Waals surface area contributed by atoms with Crippen molar-refractivity contribution >= 4 is 5.91 Å². The lowest BCUT2D eigenvalue weighted by Crippen LogP contribution is -2.26. The SMILES string of the molecule is CC(C)n1ccc(CNC(=O)C2CC2(C)C)n1. The maximum atomic E-state index is 11.8. The fraction of sp³-hybridized carbons (Fsp3) is 0.692. The van der Waals surface area contributed by atoms with E-state index in [1.54, 1.807) is 0 Å². The molecule has 0 saturated heterocycles. The van der Waals surface area contributed by atoms with Crippen molar-refractivity contribution in [2.24, 2.45) is 11.3 Å². The van der Waals surface area contributed by atoms with Gasteiger partial charge in [-0.3, -0.25) is 9.48 Å². The summed E-state index contributed by atoms with van der Waals surface area (Å²) in [7, 11) is 0. The molecule has 0 spiro atoms. The summed E-state index contributed by atoms with van der Waals surface area (Å²) in [5.41, 5.74) is 1.12. The van der Waals surface area contributed by atoms with Crippen LogP contribution in [0.1, 0.15) is 45.9 Å². The molecular formula is C13H21N3O. The molecule has 0 aliphatic heterocycles. The van der Waals surface area contributed by atoms with Gasteiger partial charge in [0, 0.05) is 18.2 Å². The molecule has 1 aromatic rings. The van der Waals surface area contributed by atoms with Gasteiger partial charge in [0.25, 0.3) is 0 Å². The molecule has 1 aliphatic carbocycles. The maximum absolute atomic E-state index is 11.8. The van der Waals surface area contributed by atoms with E-state index in [-0.39, 0.29) is 17.2 Å². The minimum absolute atomic E-state index is 0.161. The summed E-state index contributed by atoms with van der Waals surface area (Å²) < 4.78 is 1.91. The van der Waals surface area contributed by atoms with E-state index >= 15 is 0 Å². The van der Waals surface area contributed by atoms with Gasteiger partial charge in [-0.1, -0.05) is 13.8 Å². The number of nitrogens with one attached hydrogen (secondary N) is 1. The van der Waals surface area contributed by atoms with Crippen molar-refractivity contribution in [1.29, 1.82) is 0 Å². The van der Waals surface area contributed by atoms with Crippen molar-refractivity contribution in [2.45, 2.75) is 46.7 Å². The average molecular weight is 235 g/mol. The van der Waals surface area contributed by atoms with Crippen LogP contribution in [0, 0.1) is 11.3 Å². The van der Waals surface area contributed by atoms with Crippen LogP contribution in [0.15, 0.2) is 12.3 Å². The lowest BCUT2D eigenvalue weighted by molar-refractivity contribution is -0.123. The van der Waals surface area contributed by atoms with Crippen LogP contribution in [-0.4, -0.2) is 15.7 Å². The summed E-state index contributed by atoms with van der Waals surface area (Å²) in [6.45, 7) is 8.96. The van der Waals surface area contributed by atoms with Crippen LogP contribution in [0.2, 0.25) is 0 Å². The van der Waals surface area contributed by atoms with Gasteiger partial charge in [0.05, 0.1) is 12.2 Å². The Kier molecular flexibility index (Phi) is 2.98. The number of carbonyl (C=O) groups excluding carboxylic acids is 1. The van der Waals surface area contributed by atoms with E-state index in [9.17, 15) is 4.79 Å². The average Bonchev–Trinajstić information content (AvgIpc) is 2.71. The van der Waals surface area contributed by atoms with E-state index in [4.69, 9.17) is 0 Å². The Bertz CT molecular complexity index is 420. The van der Waals surface area contributed by atoms with Gasteiger partial charge < -0.3 is 5.32 Å². The number of hydrogen-bond donors (Lipinski definition) is 1. The summed E-state index contributed by atoms with van der Waals surface area (Å²) in [5, 5.41) is 7.35. The Morgan fingerprint density at radius 2 is 2.29 bits per heavy atom. The molecule has 17 heavy (non-hydrogen) atoms. The molecule has 4 heteroatoms. The van der Waals surface area contributed by atoms with E-state index in [1.165, 1.54) is 0 Å². The topological polar surface area (TPSA) is 46.9 Å². The molecule has 1 saturated carbocycles. The number of rotatable bonds is 4. The molecule has 0 aromatic carbocycles. The van der Waals surface area contributed by atoms with E-state index in [2.05, 4.69) is 38.1 Å². The third-order valence-corrected chi connectivity index (χ3v) is 3.47. The predicted molar refractivity (Wildman–Crippen MR) is 66.3 cm³/mol. The van der Waals surface area contributed by atoms with Crippen molar-refractivity contribution in [3.8, 4) is 0 Å². The normalized spacial score (nSPS) is 21.6. The van der Waals surface area contributed by atoms with E-state index < -0.39 is 0 Å². The Balaban J connectivity index is 1.84. The minimum Gasteiger partial charge on any atom is -0.350 e. The zero-order valence-corrected chi connectivity index (χ0v) is 11.0. The first-order chi connectivity index (χ1) is 7.90. The Hall–Kier alpha value is -1.32. The van der Waals surface area contributed by atoms with Crippen LogP contribution in [0.5, 0.6) is 0 Å². The van der Waals surface area contributed by atoms with Crippen molar-refractivity contribution in [2.75, 3.05) is 0 Å². The van der Waals surface area contributed by atoms with E-state index in [0.717, 1.165) is 12.1 Å². The van der Waals surface area contributed by atoms with Gasteiger partial charge in [0.15, 0.2) is 0 Å². The smallest absolute Gasteiger partial charge is 0.223 e. The predicted octanol–water partition coefficient (Wildman–Crippen LogP) is 2.13. The number of aromatic nitrogens is 2. The maximum Gasteiger partial charge on any atom is 0.223 e. The quantitative estimate of drug-likeness (QED) is 0.869. The molecule has 1 atom stereocenters. The molecule has 1 fully saturated rings. The summed E-state index contributed by atoms with van der Waals surface area (Å²) in [4.78, 5) is 11.8. The van der Waals surface area contributed by atoms with Crippen molar-refractivity contribution < 1.29 is 4.79 Å². The Labute approximate surface area is 102 Å². The standard InChI is InChI=1S/C13H21N3O/c1-9(2)16-6-5-10(15-16)8-14-12(17)11-7-13(11,3)4/h5-6,9,11H,7-8H2,1-4H3,(H,14,17). The Morgan fingerprint density at radius 3 is 2.76 bits per heavy atom. The van der Waals surface area contributed by atoms with Crippen LogP contribution in [0.3, 0.4) is 0 Å². The van der Waals surface area contributed by atoms with Gasteiger partial charge in [-0.25, -0.2) is 0 Å². The first kappa shape index (κ1) is 12.1. The molecule has 2 rings (SSSR count). The van der Waals surface area contributed by atoms with Crippen molar-refractivity contribution in [1.82, 2.24) is 15.1 Å². The second kappa shape index (κ2) is 4.17. The highest BCUT2D eigenvalue weighted by molar-refractivity contribution is 5.82. The first-order valence-electron chi connectivity index (χ1n) is 6.22. The monoisotopic (exact) mass is 235 g/mol. The second-order valence-electron chi connectivity index (χ2n) is 5.84. The third-order valence-electron chi connectivity index (χ3n) is 3.47. The summed E-state index contributed by atoms with van der Waals surface area (Å²) in [6.07, 6.45) is 2.95. The van der Waals surface area contributed by atoms with Crippen molar-refractivity contribution in [3.05, 3.63) is 18.0 Å². The Morgan fingerprint density at radius 1 is 1.65 bits per heavy atom. The molecule has 1 aliphatic rings. The summed E-state index contributed by atoms with van der Waals surface area (Å²) >= 11 is 0. The zero-order chi connectivity index (χ0) is 12.6. The second-order valence-corrected chi connectivity index (χ2v) is 5.84. The van der Waals surface area contributed by atoms with E-state index in [0.29, 0.717) is 12.6 Å². The lowest BCUT2D eigenvalue weighted by Gasteiger charge is -2.06. The molecule has 0 bridgehead atoms. The number of carbonyl (C=O) groups is 1. The third kappa shape index (κ3) is 2.68. The molecular weight excluding hydrogens is 214 g/mol. The van der Waals surface area contributed by atoms with Crippen LogP contribution in [0.25, 0.3) is 0 Å². The van der Waals surface area contributed by atoms with Gasteiger partial charge in [0.1, 0.15) is 0 Å². The minimum atomic E-state index is 0.161. The molecule has 0 radical (unpaired) electrons. The number of amides is 1. The fourth-order valence-electron chi connectivity index (χ4n) is 1.97. The molecule has 4 nitrogen and oxygen atoms in total. The summed E-state index contributed by atoms with van der Waals surface area (Å²) in [6, 6.07) is 2.32. The van der Waals surface area contributed by atoms with Crippen LogP contribution >= 0.6 is 0 Å². The van der Waals surface area contributed by atoms with Gasteiger partial charge >= 0.3 is 0 Å². The van der Waals surface area contributed by atoms with Gasteiger partial charge in [-0.2, -0.15) is 5.10 Å². The van der Waals surface area contributed by atoms with Gasteiger partial charge in [-0.15, -0.1) is 0 Å². The molecule has 1 heterocycles. The lowest BCUT2D eigenvalue weighted by atomic mass is 10.1. The number of hydrogen-bond acceptors (Lipinski definition) is 2. The number of nitrogens with zero attached hydrogens (tertiary/aromatic N) is 2. The molecule has 1 unspecified atom stereocenters.